The number of hydrogen-bond acceptors (Lipinski definition) is 2. The summed E-state index contributed by atoms with van der Waals surface area (Å²) in [5.74, 6) is 0.706. The summed E-state index contributed by atoms with van der Waals surface area (Å²) in [7, 11) is 0. The Kier molecular flexibility index (Phi) is 1.91. The van der Waals surface area contributed by atoms with Gasteiger partial charge >= 0.3 is 0 Å². The van der Waals surface area contributed by atoms with E-state index in [-0.39, 0.29) is 0 Å². The van der Waals surface area contributed by atoms with Gasteiger partial charge < -0.3 is 5.11 Å². The molecule has 2 aliphatic rings. The smallest absolute Gasteiger partial charge is 0.0872 e. The van der Waals surface area contributed by atoms with Crippen LogP contribution >= 0.6 is 0 Å². The van der Waals surface area contributed by atoms with Crippen molar-refractivity contribution >= 4 is 0 Å². The summed E-state index contributed by atoms with van der Waals surface area (Å²) in [6, 6.07) is 8.69. The number of nitrogens with zero attached hydrogens (tertiary/aromatic N) is 1. The van der Waals surface area contributed by atoms with Gasteiger partial charge in [-0.2, -0.15) is 0 Å². The number of benzene rings is 1. The molecule has 1 atom stereocenters. The molecule has 0 bridgehead atoms. The zero-order chi connectivity index (χ0) is 10.5. The second kappa shape index (κ2) is 3.06. The fourth-order valence-corrected chi connectivity index (χ4v) is 2.88. The molecule has 1 heterocycles. The second-order valence-electron chi connectivity index (χ2n) is 5.27. The van der Waals surface area contributed by atoms with Crippen LogP contribution in [-0.4, -0.2) is 35.2 Å². The summed E-state index contributed by atoms with van der Waals surface area (Å²) in [5, 5.41) is 9.64. The van der Waals surface area contributed by atoms with E-state index >= 15 is 0 Å². The number of fused-ring (bicyclic) bond motifs is 1. The SMILES string of the molecule is CC1(O)CN(CC2Cc3ccccc32)C1. The third-order valence-corrected chi connectivity index (χ3v) is 3.57. The Balaban J connectivity index is 1.60. The van der Waals surface area contributed by atoms with Crippen LogP contribution < -0.4 is 0 Å². The summed E-state index contributed by atoms with van der Waals surface area (Å²) in [6.07, 6.45) is 1.22. The summed E-state index contributed by atoms with van der Waals surface area (Å²) >= 11 is 0. The molecule has 2 heteroatoms. The van der Waals surface area contributed by atoms with Crippen molar-refractivity contribution in [2.24, 2.45) is 0 Å². The van der Waals surface area contributed by atoms with Gasteiger partial charge in [0.1, 0.15) is 0 Å². The highest BCUT2D eigenvalue weighted by Crippen LogP contribution is 2.36. The maximum atomic E-state index is 9.64. The first-order chi connectivity index (χ1) is 7.14. The molecule has 1 aromatic carbocycles. The molecule has 1 saturated heterocycles. The van der Waals surface area contributed by atoms with Crippen LogP contribution in [0.15, 0.2) is 24.3 Å². The first kappa shape index (κ1) is 9.37. The molecule has 0 spiro atoms. The first-order valence-corrected chi connectivity index (χ1v) is 5.67. The zero-order valence-electron chi connectivity index (χ0n) is 9.11. The second-order valence-corrected chi connectivity index (χ2v) is 5.27. The molecule has 1 aliphatic heterocycles. The summed E-state index contributed by atoms with van der Waals surface area (Å²) < 4.78 is 0. The molecule has 1 unspecified atom stereocenters. The van der Waals surface area contributed by atoms with E-state index in [0.717, 1.165) is 19.6 Å². The van der Waals surface area contributed by atoms with Crippen LogP contribution in [0.5, 0.6) is 0 Å². The highest BCUT2D eigenvalue weighted by Gasteiger charge is 2.39. The van der Waals surface area contributed by atoms with Gasteiger partial charge in [0.2, 0.25) is 0 Å². The van der Waals surface area contributed by atoms with E-state index in [4.69, 9.17) is 0 Å². The van der Waals surface area contributed by atoms with E-state index in [1.807, 2.05) is 6.92 Å². The van der Waals surface area contributed by atoms with Crippen molar-refractivity contribution in [2.45, 2.75) is 24.9 Å². The fraction of sp³-hybridized carbons (Fsp3) is 0.538. The lowest BCUT2D eigenvalue weighted by atomic mass is 9.76. The maximum absolute atomic E-state index is 9.64. The summed E-state index contributed by atoms with van der Waals surface area (Å²) in [6.45, 7) is 4.71. The Labute approximate surface area is 90.5 Å². The van der Waals surface area contributed by atoms with Gasteiger partial charge in [-0.3, -0.25) is 4.90 Å². The van der Waals surface area contributed by atoms with E-state index < -0.39 is 5.60 Å². The van der Waals surface area contributed by atoms with Gasteiger partial charge in [0.25, 0.3) is 0 Å². The van der Waals surface area contributed by atoms with Crippen molar-refractivity contribution in [1.82, 2.24) is 4.90 Å². The molecule has 0 amide bonds. The van der Waals surface area contributed by atoms with Crippen molar-refractivity contribution in [1.29, 1.82) is 0 Å². The molecular formula is C13H17NO. The standard InChI is InChI=1S/C13H17NO/c1-13(15)8-14(9-13)7-11-6-10-4-2-3-5-12(10)11/h2-5,11,15H,6-9H2,1H3. The molecule has 1 aliphatic carbocycles. The van der Waals surface area contributed by atoms with Crippen molar-refractivity contribution in [2.75, 3.05) is 19.6 Å². The molecule has 1 aromatic rings. The van der Waals surface area contributed by atoms with Gasteiger partial charge in [0, 0.05) is 25.6 Å². The van der Waals surface area contributed by atoms with Crippen molar-refractivity contribution in [3.8, 4) is 0 Å². The van der Waals surface area contributed by atoms with Gasteiger partial charge in [-0.1, -0.05) is 24.3 Å². The predicted octanol–water partition coefficient (Wildman–Crippen LogP) is 1.39. The van der Waals surface area contributed by atoms with Crippen LogP contribution in [0.4, 0.5) is 0 Å². The third-order valence-electron chi connectivity index (χ3n) is 3.57. The Bertz CT molecular complexity index is 378. The first-order valence-electron chi connectivity index (χ1n) is 5.67. The lowest BCUT2D eigenvalue weighted by Crippen LogP contribution is -2.60. The number of β-amino-alcohol motifs (C(OH)–C–C–N with tert-alkyl or cyclic N) is 1. The monoisotopic (exact) mass is 203 g/mol. The Morgan fingerprint density at radius 1 is 1.40 bits per heavy atom. The minimum absolute atomic E-state index is 0.427. The average Bonchev–Trinajstić information content (AvgIpc) is 2.11. The summed E-state index contributed by atoms with van der Waals surface area (Å²) in [5.41, 5.74) is 2.60. The molecular weight excluding hydrogens is 186 g/mol. The highest BCUT2D eigenvalue weighted by atomic mass is 16.3. The van der Waals surface area contributed by atoms with Crippen LogP contribution in [0.1, 0.15) is 24.0 Å². The molecule has 80 valence electrons. The van der Waals surface area contributed by atoms with E-state index in [1.54, 1.807) is 0 Å². The van der Waals surface area contributed by atoms with Gasteiger partial charge in [-0.05, 0) is 24.5 Å². The lowest BCUT2D eigenvalue weighted by molar-refractivity contribution is -0.0857. The number of hydrogen-bond donors (Lipinski definition) is 1. The number of rotatable bonds is 2. The van der Waals surface area contributed by atoms with Crippen molar-refractivity contribution in [3.63, 3.8) is 0 Å². The molecule has 2 nitrogen and oxygen atoms in total. The van der Waals surface area contributed by atoms with Crippen LogP contribution in [0.2, 0.25) is 0 Å². The predicted molar refractivity (Wildman–Crippen MR) is 60.0 cm³/mol. The Morgan fingerprint density at radius 2 is 2.13 bits per heavy atom. The zero-order valence-corrected chi connectivity index (χ0v) is 9.11. The van der Waals surface area contributed by atoms with Gasteiger partial charge in [-0.25, -0.2) is 0 Å². The Morgan fingerprint density at radius 3 is 2.80 bits per heavy atom. The van der Waals surface area contributed by atoms with Crippen LogP contribution in [-0.2, 0) is 6.42 Å². The minimum Gasteiger partial charge on any atom is -0.388 e. The summed E-state index contributed by atoms with van der Waals surface area (Å²) in [4.78, 5) is 2.35. The number of aliphatic hydroxyl groups is 1. The fourth-order valence-electron chi connectivity index (χ4n) is 2.88. The molecule has 0 saturated carbocycles. The normalized spacial score (nSPS) is 27.7. The molecule has 15 heavy (non-hydrogen) atoms. The molecule has 1 N–H and O–H groups in total. The molecule has 3 rings (SSSR count). The lowest BCUT2D eigenvalue weighted by Gasteiger charge is -2.47. The van der Waals surface area contributed by atoms with E-state index in [1.165, 1.54) is 17.5 Å². The van der Waals surface area contributed by atoms with Gasteiger partial charge in [0.05, 0.1) is 5.60 Å². The topological polar surface area (TPSA) is 23.5 Å². The van der Waals surface area contributed by atoms with E-state index in [2.05, 4.69) is 29.2 Å². The molecule has 0 aromatic heterocycles. The quantitative estimate of drug-likeness (QED) is 0.785. The largest absolute Gasteiger partial charge is 0.388 e. The molecule has 1 fully saturated rings. The van der Waals surface area contributed by atoms with E-state index in [9.17, 15) is 5.11 Å². The minimum atomic E-state index is -0.427. The van der Waals surface area contributed by atoms with Crippen LogP contribution in [0.25, 0.3) is 0 Å². The Hall–Kier alpha value is -0.860. The van der Waals surface area contributed by atoms with E-state index in [0.29, 0.717) is 5.92 Å². The third kappa shape index (κ3) is 1.58. The van der Waals surface area contributed by atoms with Gasteiger partial charge in [-0.15, -0.1) is 0 Å². The van der Waals surface area contributed by atoms with Gasteiger partial charge in [0.15, 0.2) is 0 Å². The number of likely N-dealkylation sites (tertiary alicyclic amines) is 1. The van der Waals surface area contributed by atoms with Crippen molar-refractivity contribution in [3.05, 3.63) is 35.4 Å². The van der Waals surface area contributed by atoms with Crippen molar-refractivity contribution < 1.29 is 5.11 Å². The molecule has 0 radical (unpaired) electrons. The highest BCUT2D eigenvalue weighted by molar-refractivity contribution is 5.40. The maximum Gasteiger partial charge on any atom is 0.0872 e. The van der Waals surface area contributed by atoms with Crippen LogP contribution in [0, 0.1) is 0 Å². The average molecular weight is 203 g/mol. The van der Waals surface area contributed by atoms with Crippen LogP contribution in [0.3, 0.4) is 0 Å².